The average molecular weight is 270 g/mol. The van der Waals surface area contributed by atoms with E-state index in [-0.39, 0.29) is 13.0 Å². The standard InChI is InChI=1S/C17H18O3/c1-13-6-5-9-15(10-13)11-16(18)17(19)20-12-14-7-3-2-4-8-14/h2-10,16,18H,11-12H2,1H3. The van der Waals surface area contributed by atoms with Gasteiger partial charge in [0.05, 0.1) is 0 Å². The predicted octanol–water partition coefficient (Wildman–Crippen LogP) is 2.64. The summed E-state index contributed by atoms with van der Waals surface area (Å²) in [4.78, 5) is 11.7. The molecule has 0 spiro atoms. The molecule has 3 heteroatoms. The van der Waals surface area contributed by atoms with Crippen LogP contribution in [0.3, 0.4) is 0 Å². The number of aryl methyl sites for hydroxylation is 1. The first kappa shape index (κ1) is 14.3. The lowest BCUT2D eigenvalue weighted by Gasteiger charge is -2.11. The SMILES string of the molecule is Cc1cccc(CC(O)C(=O)OCc2ccccc2)c1. The summed E-state index contributed by atoms with van der Waals surface area (Å²) in [5.41, 5.74) is 2.94. The van der Waals surface area contributed by atoms with E-state index in [0.29, 0.717) is 0 Å². The Kier molecular flexibility index (Phi) is 4.91. The van der Waals surface area contributed by atoms with Gasteiger partial charge in [-0.2, -0.15) is 0 Å². The molecule has 0 saturated heterocycles. The molecule has 20 heavy (non-hydrogen) atoms. The summed E-state index contributed by atoms with van der Waals surface area (Å²) in [7, 11) is 0. The van der Waals surface area contributed by atoms with Crippen LogP contribution in [0.5, 0.6) is 0 Å². The second kappa shape index (κ2) is 6.87. The van der Waals surface area contributed by atoms with Gasteiger partial charge in [-0.25, -0.2) is 4.79 Å². The van der Waals surface area contributed by atoms with Crippen molar-refractivity contribution in [3.63, 3.8) is 0 Å². The molecule has 1 N–H and O–H groups in total. The van der Waals surface area contributed by atoms with E-state index in [2.05, 4.69) is 0 Å². The molecular formula is C17H18O3. The Labute approximate surface area is 118 Å². The zero-order valence-electron chi connectivity index (χ0n) is 11.5. The van der Waals surface area contributed by atoms with Crippen LogP contribution in [0.15, 0.2) is 54.6 Å². The molecule has 104 valence electrons. The normalized spacial score (nSPS) is 11.9. The Morgan fingerprint density at radius 1 is 1.10 bits per heavy atom. The van der Waals surface area contributed by atoms with Crippen molar-refractivity contribution in [2.75, 3.05) is 0 Å². The summed E-state index contributed by atoms with van der Waals surface area (Å²) < 4.78 is 5.10. The molecule has 2 aromatic rings. The van der Waals surface area contributed by atoms with Gasteiger partial charge in [-0.05, 0) is 18.1 Å². The summed E-state index contributed by atoms with van der Waals surface area (Å²) in [6, 6.07) is 17.1. The first-order valence-electron chi connectivity index (χ1n) is 6.59. The highest BCUT2D eigenvalue weighted by atomic mass is 16.5. The van der Waals surface area contributed by atoms with E-state index in [4.69, 9.17) is 4.74 Å². The van der Waals surface area contributed by atoms with Gasteiger partial charge in [-0.1, -0.05) is 60.2 Å². The number of aliphatic hydroxyl groups excluding tert-OH is 1. The second-order valence-electron chi connectivity index (χ2n) is 4.80. The third-order valence-corrected chi connectivity index (χ3v) is 3.01. The molecule has 0 radical (unpaired) electrons. The highest BCUT2D eigenvalue weighted by Gasteiger charge is 2.17. The first-order chi connectivity index (χ1) is 9.65. The summed E-state index contributed by atoms with van der Waals surface area (Å²) in [6.07, 6.45) is -0.851. The number of carbonyl (C=O) groups is 1. The van der Waals surface area contributed by atoms with Crippen molar-refractivity contribution in [2.24, 2.45) is 0 Å². The zero-order chi connectivity index (χ0) is 14.4. The van der Waals surface area contributed by atoms with Crippen molar-refractivity contribution in [2.45, 2.75) is 26.1 Å². The van der Waals surface area contributed by atoms with Gasteiger partial charge < -0.3 is 9.84 Å². The lowest BCUT2D eigenvalue weighted by atomic mass is 10.1. The van der Waals surface area contributed by atoms with E-state index in [1.54, 1.807) is 0 Å². The van der Waals surface area contributed by atoms with E-state index < -0.39 is 12.1 Å². The van der Waals surface area contributed by atoms with E-state index in [9.17, 15) is 9.90 Å². The predicted molar refractivity (Wildman–Crippen MR) is 77.1 cm³/mol. The van der Waals surface area contributed by atoms with Crippen LogP contribution in [0.2, 0.25) is 0 Å². The van der Waals surface area contributed by atoms with Crippen LogP contribution in [-0.4, -0.2) is 17.2 Å². The molecule has 2 rings (SSSR count). The number of carbonyl (C=O) groups excluding carboxylic acids is 1. The van der Waals surface area contributed by atoms with Crippen LogP contribution in [-0.2, 0) is 22.6 Å². The number of ether oxygens (including phenoxy) is 1. The minimum Gasteiger partial charge on any atom is -0.459 e. The van der Waals surface area contributed by atoms with E-state index >= 15 is 0 Å². The molecule has 2 aromatic carbocycles. The fraction of sp³-hybridized carbons (Fsp3) is 0.235. The van der Waals surface area contributed by atoms with E-state index in [1.165, 1.54) is 0 Å². The molecule has 0 aliphatic carbocycles. The number of esters is 1. The summed E-state index contributed by atoms with van der Waals surface area (Å²) in [5, 5.41) is 9.87. The van der Waals surface area contributed by atoms with Crippen molar-refractivity contribution in [3.8, 4) is 0 Å². The molecule has 0 amide bonds. The van der Waals surface area contributed by atoms with E-state index in [0.717, 1.165) is 16.7 Å². The Morgan fingerprint density at radius 3 is 2.50 bits per heavy atom. The molecule has 3 nitrogen and oxygen atoms in total. The maximum Gasteiger partial charge on any atom is 0.335 e. The molecule has 0 heterocycles. The van der Waals surface area contributed by atoms with Gasteiger partial charge in [0.1, 0.15) is 6.61 Å². The Morgan fingerprint density at radius 2 is 1.80 bits per heavy atom. The van der Waals surface area contributed by atoms with Crippen LogP contribution in [0, 0.1) is 6.92 Å². The monoisotopic (exact) mass is 270 g/mol. The van der Waals surface area contributed by atoms with Crippen molar-refractivity contribution < 1.29 is 14.6 Å². The molecule has 0 aromatic heterocycles. The van der Waals surface area contributed by atoms with Crippen molar-refractivity contribution in [3.05, 3.63) is 71.3 Å². The average Bonchev–Trinajstić information content (AvgIpc) is 2.46. The molecule has 0 fully saturated rings. The minimum atomic E-state index is -1.12. The number of rotatable bonds is 5. The molecule has 0 bridgehead atoms. The maximum absolute atomic E-state index is 11.7. The van der Waals surface area contributed by atoms with Crippen LogP contribution < -0.4 is 0 Å². The number of benzene rings is 2. The Bertz CT molecular complexity index is 563. The van der Waals surface area contributed by atoms with Gasteiger partial charge >= 0.3 is 5.97 Å². The van der Waals surface area contributed by atoms with Crippen molar-refractivity contribution in [1.82, 2.24) is 0 Å². The molecule has 1 unspecified atom stereocenters. The third kappa shape index (κ3) is 4.21. The Balaban J connectivity index is 1.86. The summed E-state index contributed by atoms with van der Waals surface area (Å²) in [5.74, 6) is -0.588. The quantitative estimate of drug-likeness (QED) is 0.850. The number of hydrogen-bond donors (Lipinski definition) is 1. The second-order valence-corrected chi connectivity index (χ2v) is 4.80. The van der Waals surface area contributed by atoms with Crippen molar-refractivity contribution in [1.29, 1.82) is 0 Å². The highest BCUT2D eigenvalue weighted by Crippen LogP contribution is 2.09. The van der Waals surface area contributed by atoms with Crippen LogP contribution in [0.25, 0.3) is 0 Å². The van der Waals surface area contributed by atoms with Gasteiger partial charge in [0, 0.05) is 6.42 Å². The molecule has 1 atom stereocenters. The molecule has 0 aliphatic heterocycles. The van der Waals surface area contributed by atoms with E-state index in [1.807, 2.05) is 61.5 Å². The minimum absolute atomic E-state index is 0.185. The maximum atomic E-state index is 11.7. The fourth-order valence-electron chi connectivity index (χ4n) is 1.97. The molecule has 0 aliphatic rings. The molecule has 0 saturated carbocycles. The van der Waals surface area contributed by atoms with Gasteiger partial charge in [0.15, 0.2) is 6.10 Å². The highest BCUT2D eigenvalue weighted by molar-refractivity contribution is 5.74. The Hall–Kier alpha value is -2.13. The summed E-state index contributed by atoms with van der Waals surface area (Å²) in [6.45, 7) is 2.16. The largest absolute Gasteiger partial charge is 0.459 e. The third-order valence-electron chi connectivity index (χ3n) is 3.01. The smallest absolute Gasteiger partial charge is 0.335 e. The van der Waals surface area contributed by atoms with Gasteiger partial charge in [0.25, 0.3) is 0 Å². The number of aliphatic hydroxyl groups is 1. The van der Waals surface area contributed by atoms with Gasteiger partial charge in [-0.3, -0.25) is 0 Å². The number of hydrogen-bond acceptors (Lipinski definition) is 3. The van der Waals surface area contributed by atoms with Crippen LogP contribution >= 0.6 is 0 Å². The van der Waals surface area contributed by atoms with Gasteiger partial charge in [0.2, 0.25) is 0 Å². The summed E-state index contributed by atoms with van der Waals surface area (Å²) >= 11 is 0. The van der Waals surface area contributed by atoms with Crippen molar-refractivity contribution >= 4 is 5.97 Å². The van der Waals surface area contributed by atoms with Crippen LogP contribution in [0.4, 0.5) is 0 Å². The molecular weight excluding hydrogens is 252 g/mol. The fourth-order valence-corrected chi connectivity index (χ4v) is 1.97. The first-order valence-corrected chi connectivity index (χ1v) is 6.59. The topological polar surface area (TPSA) is 46.5 Å². The van der Waals surface area contributed by atoms with Crippen LogP contribution in [0.1, 0.15) is 16.7 Å². The zero-order valence-corrected chi connectivity index (χ0v) is 11.5. The van der Waals surface area contributed by atoms with Gasteiger partial charge in [-0.15, -0.1) is 0 Å². The lowest BCUT2D eigenvalue weighted by Crippen LogP contribution is -2.25. The lowest BCUT2D eigenvalue weighted by molar-refractivity contribution is -0.154.